The summed E-state index contributed by atoms with van der Waals surface area (Å²) in [6.07, 6.45) is 18.1. The van der Waals surface area contributed by atoms with Crippen molar-refractivity contribution in [2.45, 2.75) is 45.4 Å². The van der Waals surface area contributed by atoms with Gasteiger partial charge in [0, 0.05) is 0 Å². The molecule has 0 unspecified atom stereocenters. The van der Waals surface area contributed by atoms with Crippen molar-refractivity contribution in [2.24, 2.45) is 0 Å². The average molecular weight is 178 g/mol. The summed E-state index contributed by atoms with van der Waals surface area (Å²) in [6.45, 7) is 5.86. The van der Waals surface area contributed by atoms with E-state index >= 15 is 0 Å². The number of hydrogen-bond acceptors (Lipinski definition) is 0. The highest BCUT2D eigenvalue weighted by Gasteiger charge is 1.85. The Morgan fingerprint density at radius 2 is 1.69 bits per heavy atom. The van der Waals surface area contributed by atoms with Gasteiger partial charge in [0.1, 0.15) is 0 Å². The molecule has 0 aromatic heterocycles. The maximum Gasteiger partial charge on any atom is -0.0348 e. The molecule has 0 radical (unpaired) electrons. The summed E-state index contributed by atoms with van der Waals surface area (Å²) in [5.74, 6) is 0. The molecule has 0 amide bonds. The van der Waals surface area contributed by atoms with Crippen molar-refractivity contribution >= 4 is 0 Å². The van der Waals surface area contributed by atoms with E-state index in [4.69, 9.17) is 0 Å². The van der Waals surface area contributed by atoms with Gasteiger partial charge in [-0.15, -0.1) is 0 Å². The average Bonchev–Trinajstić information content (AvgIpc) is 2.16. The second kappa shape index (κ2) is 11.2. The predicted octanol–water partition coefficient (Wildman–Crippen LogP) is 4.65. The van der Waals surface area contributed by atoms with Crippen LogP contribution in [0.2, 0.25) is 0 Å². The van der Waals surface area contributed by atoms with Gasteiger partial charge in [-0.3, -0.25) is 0 Å². The van der Waals surface area contributed by atoms with E-state index < -0.39 is 0 Å². The zero-order valence-electron chi connectivity index (χ0n) is 8.84. The molecular formula is C13H22. The first-order valence-corrected chi connectivity index (χ1v) is 5.36. The molecule has 0 aliphatic carbocycles. The van der Waals surface area contributed by atoms with Gasteiger partial charge in [0.25, 0.3) is 0 Å². The molecule has 0 atom stereocenters. The van der Waals surface area contributed by atoms with Crippen LogP contribution in [0.25, 0.3) is 0 Å². The fourth-order valence-electron chi connectivity index (χ4n) is 1.18. The zero-order chi connectivity index (χ0) is 9.78. The van der Waals surface area contributed by atoms with Crippen LogP contribution in [0.5, 0.6) is 0 Å². The lowest BCUT2D eigenvalue weighted by atomic mass is 10.1. The van der Waals surface area contributed by atoms with Crippen LogP contribution in [0, 0.1) is 0 Å². The maximum absolute atomic E-state index is 3.61. The minimum Gasteiger partial charge on any atom is -0.0991 e. The fourth-order valence-corrected chi connectivity index (χ4v) is 1.18. The predicted molar refractivity (Wildman–Crippen MR) is 61.9 cm³/mol. The molecule has 0 N–H and O–H groups in total. The summed E-state index contributed by atoms with van der Waals surface area (Å²) in [6, 6.07) is 0. The van der Waals surface area contributed by atoms with Crippen molar-refractivity contribution < 1.29 is 0 Å². The fraction of sp³-hybridized carbons (Fsp3) is 0.538. The summed E-state index contributed by atoms with van der Waals surface area (Å²) < 4.78 is 0. The minimum absolute atomic E-state index is 1.21. The molecule has 0 fully saturated rings. The highest BCUT2D eigenvalue weighted by Crippen LogP contribution is 2.05. The van der Waals surface area contributed by atoms with Gasteiger partial charge in [-0.25, -0.2) is 0 Å². The molecule has 0 bridgehead atoms. The van der Waals surface area contributed by atoms with Gasteiger partial charge < -0.3 is 0 Å². The first-order chi connectivity index (χ1) is 6.41. The maximum atomic E-state index is 3.61. The van der Waals surface area contributed by atoms with E-state index in [2.05, 4.69) is 25.7 Å². The number of unbranched alkanes of at least 4 members (excludes halogenated alkanes) is 5. The molecule has 0 spiro atoms. The van der Waals surface area contributed by atoms with Gasteiger partial charge in [-0.1, -0.05) is 69.6 Å². The number of rotatable bonds is 8. The van der Waals surface area contributed by atoms with Crippen LogP contribution in [0.3, 0.4) is 0 Å². The molecule has 74 valence electrons. The Labute approximate surface area is 83.0 Å². The molecule has 0 rings (SSSR count). The van der Waals surface area contributed by atoms with Crippen LogP contribution in [0.4, 0.5) is 0 Å². The monoisotopic (exact) mass is 178 g/mol. The summed E-state index contributed by atoms with van der Waals surface area (Å²) in [4.78, 5) is 0. The number of hydrogen-bond donors (Lipinski definition) is 0. The third kappa shape index (κ3) is 11.2. The molecule has 0 saturated carbocycles. The first-order valence-electron chi connectivity index (χ1n) is 5.36. The third-order valence-corrected chi connectivity index (χ3v) is 1.97. The summed E-state index contributed by atoms with van der Waals surface area (Å²) in [5.41, 5.74) is 0. The standard InChI is InChI=1S/C13H22/c1-3-5-7-9-11-13-12-10-8-6-4-2/h3,5,7,9,11H,1,4,6,8,10,12-13H2,2H3/b7-5+,11-9-. The molecule has 13 heavy (non-hydrogen) atoms. The van der Waals surface area contributed by atoms with Gasteiger partial charge in [-0.05, 0) is 12.8 Å². The highest BCUT2D eigenvalue weighted by molar-refractivity contribution is 5.08. The van der Waals surface area contributed by atoms with Crippen molar-refractivity contribution in [3.05, 3.63) is 37.0 Å². The smallest absolute Gasteiger partial charge is 0.0348 e. The molecule has 0 aliphatic rings. The van der Waals surface area contributed by atoms with Crippen LogP contribution in [-0.2, 0) is 0 Å². The minimum atomic E-state index is 1.21. The van der Waals surface area contributed by atoms with Crippen LogP contribution in [0.1, 0.15) is 45.4 Å². The lowest BCUT2D eigenvalue weighted by Gasteiger charge is -1.95. The van der Waals surface area contributed by atoms with E-state index in [0.717, 1.165) is 0 Å². The Balaban J connectivity index is 3.10. The lowest BCUT2D eigenvalue weighted by Crippen LogP contribution is -1.75. The second-order valence-corrected chi connectivity index (χ2v) is 3.25. The Hall–Kier alpha value is -0.780. The Morgan fingerprint density at radius 3 is 2.38 bits per heavy atom. The Bertz CT molecular complexity index is 151. The van der Waals surface area contributed by atoms with E-state index in [0.29, 0.717) is 0 Å². The summed E-state index contributed by atoms with van der Waals surface area (Å²) in [5, 5.41) is 0. The molecule has 0 heteroatoms. The van der Waals surface area contributed by atoms with Crippen LogP contribution < -0.4 is 0 Å². The van der Waals surface area contributed by atoms with Crippen molar-refractivity contribution in [3.63, 3.8) is 0 Å². The van der Waals surface area contributed by atoms with Crippen molar-refractivity contribution in [2.75, 3.05) is 0 Å². The molecule has 0 nitrogen and oxygen atoms in total. The SMILES string of the molecule is C=C/C=C/C=C\CCCCCCC. The summed E-state index contributed by atoms with van der Waals surface area (Å²) in [7, 11) is 0. The van der Waals surface area contributed by atoms with Gasteiger partial charge in [-0.2, -0.15) is 0 Å². The van der Waals surface area contributed by atoms with Gasteiger partial charge >= 0.3 is 0 Å². The van der Waals surface area contributed by atoms with E-state index in [1.54, 1.807) is 6.08 Å². The molecule has 0 aliphatic heterocycles. The molecule has 0 aromatic rings. The van der Waals surface area contributed by atoms with Gasteiger partial charge in [0.15, 0.2) is 0 Å². The Kier molecular flexibility index (Phi) is 10.5. The summed E-state index contributed by atoms with van der Waals surface area (Å²) >= 11 is 0. The van der Waals surface area contributed by atoms with E-state index in [9.17, 15) is 0 Å². The van der Waals surface area contributed by atoms with E-state index in [-0.39, 0.29) is 0 Å². The second-order valence-electron chi connectivity index (χ2n) is 3.25. The van der Waals surface area contributed by atoms with E-state index in [1.165, 1.54) is 38.5 Å². The van der Waals surface area contributed by atoms with Crippen LogP contribution >= 0.6 is 0 Å². The number of allylic oxidation sites excluding steroid dienone is 5. The molecular weight excluding hydrogens is 156 g/mol. The van der Waals surface area contributed by atoms with Crippen molar-refractivity contribution in [3.8, 4) is 0 Å². The van der Waals surface area contributed by atoms with Gasteiger partial charge in [0.2, 0.25) is 0 Å². The first kappa shape index (κ1) is 12.2. The quantitative estimate of drug-likeness (QED) is 0.375. The largest absolute Gasteiger partial charge is 0.0991 e. The normalized spacial score (nSPS) is 11.5. The molecule has 0 aromatic carbocycles. The van der Waals surface area contributed by atoms with Crippen LogP contribution in [-0.4, -0.2) is 0 Å². The molecule has 0 saturated heterocycles. The zero-order valence-corrected chi connectivity index (χ0v) is 8.84. The van der Waals surface area contributed by atoms with Crippen LogP contribution in [0.15, 0.2) is 37.0 Å². The lowest BCUT2D eigenvalue weighted by molar-refractivity contribution is 0.637. The van der Waals surface area contributed by atoms with Crippen molar-refractivity contribution in [1.29, 1.82) is 0 Å². The third-order valence-electron chi connectivity index (χ3n) is 1.97. The topological polar surface area (TPSA) is 0 Å². The highest BCUT2D eigenvalue weighted by atomic mass is 13.9. The van der Waals surface area contributed by atoms with E-state index in [1.807, 2.05) is 12.2 Å². The Morgan fingerprint density at radius 1 is 0.923 bits per heavy atom. The van der Waals surface area contributed by atoms with Crippen molar-refractivity contribution in [1.82, 2.24) is 0 Å². The van der Waals surface area contributed by atoms with Gasteiger partial charge in [0.05, 0.1) is 0 Å². The molecule has 0 heterocycles.